The van der Waals surface area contributed by atoms with Crippen LogP contribution in [-0.4, -0.2) is 50.9 Å². The van der Waals surface area contributed by atoms with Crippen molar-refractivity contribution in [3.63, 3.8) is 0 Å². The van der Waals surface area contributed by atoms with Gasteiger partial charge in [0.05, 0.1) is 17.8 Å². The number of nitrogens with one attached hydrogen (secondary N) is 2. The molecule has 0 saturated heterocycles. The SMILES string of the molecule is C=CCn1c(CCNC(=O)c2ccc(OC)cc2)nnc1SCC(=O)Nc1ccc([N+](=O)[O-])cc1C. The van der Waals surface area contributed by atoms with Gasteiger partial charge in [-0.25, -0.2) is 0 Å². The average molecular weight is 511 g/mol. The molecule has 0 aliphatic carbocycles. The maximum absolute atomic E-state index is 12.5. The van der Waals surface area contributed by atoms with Crippen molar-refractivity contribution in [3.05, 3.63) is 82.2 Å². The molecule has 0 spiro atoms. The third kappa shape index (κ3) is 6.92. The van der Waals surface area contributed by atoms with Gasteiger partial charge < -0.3 is 19.9 Å². The zero-order chi connectivity index (χ0) is 26.1. The fraction of sp³-hybridized carbons (Fsp3) is 0.250. The highest BCUT2D eigenvalue weighted by atomic mass is 32.2. The number of hydrogen-bond acceptors (Lipinski definition) is 8. The average Bonchev–Trinajstić information content (AvgIpc) is 3.25. The summed E-state index contributed by atoms with van der Waals surface area (Å²) in [5.41, 5.74) is 1.59. The Morgan fingerprint density at radius 2 is 1.97 bits per heavy atom. The minimum Gasteiger partial charge on any atom is -0.497 e. The molecule has 0 atom stereocenters. The van der Waals surface area contributed by atoms with Crippen molar-refractivity contribution in [2.45, 2.75) is 25.0 Å². The number of aryl methyl sites for hydroxylation is 1. The number of anilines is 1. The van der Waals surface area contributed by atoms with Crippen molar-refractivity contribution in [1.82, 2.24) is 20.1 Å². The van der Waals surface area contributed by atoms with Crippen LogP contribution in [0.1, 0.15) is 21.7 Å². The van der Waals surface area contributed by atoms with E-state index in [2.05, 4.69) is 27.4 Å². The number of non-ortho nitro benzene ring substituents is 1. The van der Waals surface area contributed by atoms with Gasteiger partial charge >= 0.3 is 0 Å². The first kappa shape index (κ1) is 26.4. The van der Waals surface area contributed by atoms with E-state index in [-0.39, 0.29) is 23.3 Å². The summed E-state index contributed by atoms with van der Waals surface area (Å²) < 4.78 is 6.94. The summed E-state index contributed by atoms with van der Waals surface area (Å²) in [6, 6.07) is 11.1. The molecular weight excluding hydrogens is 484 g/mol. The number of methoxy groups -OCH3 is 1. The highest BCUT2D eigenvalue weighted by molar-refractivity contribution is 7.99. The Hall–Kier alpha value is -4.19. The minimum absolute atomic E-state index is 0.0369. The summed E-state index contributed by atoms with van der Waals surface area (Å²) in [6.45, 7) is 6.25. The monoisotopic (exact) mass is 510 g/mol. The molecule has 0 aliphatic heterocycles. The van der Waals surface area contributed by atoms with Crippen LogP contribution in [0.15, 0.2) is 60.3 Å². The molecule has 0 saturated carbocycles. The number of nitro groups is 1. The van der Waals surface area contributed by atoms with E-state index in [1.54, 1.807) is 44.4 Å². The number of rotatable bonds is 12. The molecule has 2 amide bonds. The number of nitro benzene ring substituents is 1. The van der Waals surface area contributed by atoms with Crippen LogP contribution in [0.2, 0.25) is 0 Å². The van der Waals surface area contributed by atoms with Crippen molar-refractivity contribution in [2.75, 3.05) is 24.7 Å². The Morgan fingerprint density at radius 1 is 1.22 bits per heavy atom. The molecule has 0 bridgehead atoms. The summed E-state index contributed by atoms with van der Waals surface area (Å²) >= 11 is 1.21. The fourth-order valence-corrected chi connectivity index (χ4v) is 4.04. The Labute approximate surface area is 212 Å². The Bertz CT molecular complexity index is 1260. The molecule has 0 radical (unpaired) electrons. The number of hydrogen-bond donors (Lipinski definition) is 2. The van der Waals surface area contributed by atoms with Crippen LogP contribution in [0.25, 0.3) is 0 Å². The van der Waals surface area contributed by atoms with Crippen LogP contribution in [0, 0.1) is 17.0 Å². The second-order valence-corrected chi connectivity index (χ2v) is 8.57. The molecule has 0 unspecified atom stereocenters. The number of benzene rings is 2. The van der Waals surface area contributed by atoms with Crippen molar-refractivity contribution >= 4 is 35.0 Å². The number of aromatic nitrogens is 3. The molecule has 0 fully saturated rings. The quantitative estimate of drug-likeness (QED) is 0.163. The lowest BCUT2D eigenvalue weighted by atomic mass is 10.2. The molecule has 12 heteroatoms. The van der Waals surface area contributed by atoms with E-state index in [4.69, 9.17) is 4.74 Å². The number of ether oxygens (including phenoxy) is 1. The van der Waals surface area contributed by atoms with Crippen molar-refractivity contribution in [3.8, 4) is 5.75 Å². The zero-order valence-corrected chi connectivity index (χ0v) is 20.7. The van der Waals surface area contributed by atoms with Gasteiger partial charge in [0.1, 0.15) is 11.6 Å². The maximum Gasteiger partial charge on any atom is 0.269 e. The van der Waals surface area contributed by atoms with E-state index in [1.807, 2.05) is 4.57 Å². The molecule has 1 aromatic heterocycles. The largest absolute Gasteiger partial charge is 0.497 e. The molecule has 11 nitrogen and oxygen atoms in total. The predicted octanol–water partition coefficient (Wildman–Crippen LogP) is 3.39. The molecule has 3 rings (SSSR count). The van der Waals surface area contributed by atoms with E-state index in [0.717, 1.165) is 0 Å². The van der Waals surface area contributed by atoms with Crippen molar-refractivity contribution in [1.29, 1.82) is 0 Å². The molecule has 188 valence electrons. The van der Waals surface area contributed by atoms with Gasteiger partial charge in [0.15, 0.2) is 5.16 Å². The fourth-order valence-electron chi connectivity index (χ4n) is 3.27. The van der Waals surface area contributed by atoms with Gasteiger partial charge in [-0.15, -0.1) is 16.8 Å². The van der Waals surface area contributed by atoms with E-state index < -0.39 is 4.92 Å². The summed E-state index contributed by atoms with van der Waals surface area (Å²) in [4.78, 5) is 35.2. The first-order chi connectivity index (χ1) is 17.3. The predicted molar refractivity (Wildman–Crippen MR) is 136 cm³/mol. The molecular formula is C24H26N6O5S. The second-order valence-electron chi connectivity index (χ2n) is 7.63. The van der Waals surface area contributed by atoms with Gasteiger partial charge in [0.25, 0.3) is 11.6 Å². The summed E-state index contributed by atoms with van der Waals surface area (Å²) in [5, 5.41) is 25.4. The van der Waals surface area contributed by atoms with Crippen LogP contribution in [0.3, 0.4) is 0 Å². The van der Waals surface area contributed by atoms with Crippen LogP contribution in [0.5, 0.6) is 5.75 Å². The summed E-state index contributed by atoms with van der Waals surface area (Å²) in [7, 11) is 1.56. The third-order valence-corrected chi connectivity index (χ3v) is 6.09. The Morgan fingerprint density at radius 3 is 2.61 bits per heavy atom. The van der Waals surface area contributed by atoms with Crippen LogP contribution < -0.4 is 15.4 Å². The van der Waals surface area contributed by atoms with Gasteiger partial charge in [0.2, 0.25) is 5.91 Å². The molecule has 2 N–H and O–H groups in total. The van der Waals surface area contributed by atoms with Gasteiger partial charge in [-0.3, -0.25) is 19.7 Å². The minimum atomic E-state index is -0.483. The number of nitrogens with zero attached hydrogens (tertiary/aromatic N) is 4. The Kier molecular flexibility index (Phi) is 9.17. The number of carbonyl (C=O) groups excluding carboxylic acids is 2. The van der Waals surface area contributed by atoms with E-state index in [0.29, 0.717) is 53.1 Å². The molecule has 1 heterocycles. The smallest absolute Gasteiger partial charge is 0.269 e. The second kappa shape index (κ2) is 12.5. The summed E-state index contributed by atoms with van der Waals surface area (Å²) in [6.07, 6.45) is 2.14. The summed E-state index contributed by atoms with van der Waals surface area (Å²) in [5.74, 6) is 0.906. The molecule has 0 aliphatic rings. The molecule has 36 heavy (non-hydrogen) atoms. The van der Waals surface area contributed by atoms with Crippen molar-refractivity contribution < 1.29 is 19.2 Å². The van der Waals surface area contributed by atoms with E-state index in [9.17, 15) is 19.7 Å². The van der Waals surface area contributed by atoms with Crippen LogP contribution >= 0.6 is 11.8 Å². The van der Waals surface area contributed by atoms with E-state index >= 15 is 0 Å². The van der Waals surface area contributed by atoms with Gasteiger partial charge in [0, 0.05) is 42.9 Å². The topological polar surface area (TPSA) is 141 Å². The molecule has 3 aromatic rings. The number of allylic oxidation sites excluding steroid dienone is 1. The molecule has 2 aromatic carbocycles. The standard InChI is InChI=1S/C24H26N6O5S/c1-4-13-29-21(11-12-25-23(32)17-5-8-19(35-3)9-6-17)27-28-24(29)36-15-22(31)26-20-10-7-18(30(33)34)14-16(20)2/h4-10,14H,1,11-13,15H2,2-3H3,(H,25,32)(H,26,31). The lowest BCUT2D eigenvalue weighted by molar-refractivity contribution is -0.384. The van der Waals surface area contributed by atoms with Gasteiger partial charge in [-0.05, 0) is 42.8 Å². The maximum atomic E-state index is 12.5. The zero-order valence-electron chi connectivity index (χ0n) is 19.9. The Balaban J connectivity index is 1.55. The van der Waals surface area contributed by atoms with Crippen molar-refractivity contribution in [2.24, 2.45) is 0 Å². The first-order valence-corrected chi connectivity index (χ1v) is 11.9. The first-order valence-electron chi connectivity index (χ1n) is 10.9. The normalized spacial score (nSPS) is 10.5. The number of amides is 2. The number of thioether (sulfide) groups is 1. The van der Waals surface area contributed by atoms with Crippen LogP contribution in [-0.2, 0) is 17.8 Å². The number of carbonyl (C=O) groups is 2. The highest BCUT2D eigenvalue weighted by Crippen LogP contribution is 2.22. The van der Waals surface area contributed by atoms with Crippen LogP contribution in [0.4, 0.5) is 11.4 Å². The lowest BCUT2D eigenvalue weighted by Gasteiger charge is -2.10. The third-order valence-electron chi connectivity index (χ3n) is 5.12. The van der Waals surface area contributed by atoms with E-state index in [1.165, 1.54) is 30.0 Å². The highest BCUT2D eigenvalue weighted by Gasteiger charge is 2.15. The van der Waals surface area contributed by atoms with Gasteiger partial charge in [-0.2, -0.15) is 0 Å². The van der Waals surface area contributed by atoms with Gasteiger partial charge in [-0.1, -0.05) is 17.8 Å². The lowest BCUT2D eigenvalue weighted by Crippen LogP contribution is -2.26.